The largest absolute Gasteiger partial charge is 0.483 e. The highest BCUT2D eigenvalue weighted by molar-refractivity contribution is 7.94. The number of rotatable bonds is 7. The fourth-order valence-electron chi connectivity index (χ4n) is 3.14. The number of carbonyl (C=O) groups excluding carboxylic acids is 2. The van der Waals surface area contributed by atoms with E-state index < -0.39 is 21.8 Å². The summed E-state index contributed by atoms with van der Waals surface area (Å²) in [4.78, 5) is 24.7. The topological polar surface area (TPSA) is 114 Å². The first-order valence-corrected chi connectivity index (χ1v) is 12.0. The standard InChI is InChI=1S/C22H23N3O5S2/c1-14-11-15(2)21(16(3)12-14)30-13-19(26)23-24-22(27)17-7-4-5-8-18(17)25-32(28,29)20-9-6-10-31-20/h4-12,25H,13H2,1-3H3,(H,23,26)(H,24,27). The zero-order chi connectivity index (χ0) is 23.3. The van der Waals surface area contributed by atoms with Crippen LogP contribution >= 0.6 is 11.3 Å². The van der Waals surface area contributed by atoms with Crippen molar-refractivity contribution in [2.24, 2.45) is 0 Å². The number of sulfonamides is 1. The number of thiophene rings is 1. The molecule has 3 rings (SSSR count). The monoisotopic (exact) mass is 473 g/mol. The Labute approximate surface area is 190 Å². The van der Waals surface area contributed by atoms with Crippen LogP contribution in [0.1, 0.15) is 27.0 Å². The van der Waals surface area contributed by atoms with Crippen molar-refractivity contribution in [3.8, 4) is 5.75 Å². The first kappa shape index (κ1) is 23.3. The van der Waals surface area contributed by atoms with E-state index in [2.05, 4.69) is 15.6 Å². The Hall–Kier alpha value is -3.37. The third kappa shape index (κ3) is 5.65. The van der Waals surface area contributed by atoms with Gasteiger partial charge in [0.25, 0.3) is 21.8 Å². The number of para-hydroxylation sites is 1. The van der Waals surface area contributed by atoms with Crippen LogP contribution < -0.4 is 20.3 Å². The molecule has 10 heteroatoms. The molecule has 0 atom stereocenters. The van der Waals surface area contributed by atoms with Gasteiger partial charge >= 0.3 is 0 Å². The number of amides is 2. The maximum Gasteiger partial charge on any atom is 0.276 e. The van der Waals surface area contributed by atoms with Crippen molar-refractivity contribution < 1.29 is 22.7 Å². The normalized spacial score (nSPS) is 11.0. The zero-order valence-electron chi connectivity index (χ0n) is 17.8. The lowest BCUT2D eigenvalue weighted by Gasteiger charge is -2.14. The third-order valence-corrected chi connectivity index (χ3v) is 7.21. The van der Waals surface area contributed by atoms with Crippen LogP contribution in [0.4, 0.5) is 5.69 Å². The molecule has 1 heterocycles. The van der Waals surface area contributed by atoms with Gasteiger partial charge in [-0.25, -0.2) is 8.42 Å². The summed E-state index contributed by atoms with van der Waals surface area (Å²) in [5.74, 6) is -0.620. The van der Waals surface area contributed by atoms with Crippen molar-refractivity contribution in [2.75, 3.05) is 11.3 Å². The van der Waals surface area contributed by atoms with Crippen LogP contribution in [0.25, 0.3) is 0 Å². The summed E-state index contributed by atoms with van der Waals surface area (Å²) in [6, 6.07) is 13.1. The molecule has 0 unspecified atom stereocenters. The van der Waals surface area contributed by atoms with Crippen LogP contribution in [0, 0.1) is 20.8 Å². The summed E-state index contributed by atoms with van der Waals surface area (Å²) in [5, 5.41) is 1.64. The van der Waals surface area contributed by atoms with Gasteiger partial charge < -0.3 is 4.74 Å². The van der Waals surface area contributed by atoms with Crippen LogP contribution in [-0.4, -0.2) is 26.8 Å². The summed E-state index contributed by atoms with van der Waals surface area (Å²) in [7, 11) is -3.83. The minimum absolute atomic E-state index is 0.0547. The molecule has 0 radical (unpaired) electrons. The lowest BCUT2D eigenvalue weighted by Crippen LogP contribution is -2.44. The Morgan fingerprint density at radius 3 is 2.31 bits per heavy atom. The second-order valence-electron chi connectivity index (χ2n) is 7.10. The first-order chi connectivity index (χ1) is 15.2. The van der Waals surface area contributed by atoms with Crippen LogP contribution in [0.3, 0.4) is 0 Å². The molecule has 1 aromatic heterocycles. The van der Waals surface area contributed by atoms with Gasteiger partial charge in [0.1, 0.15) is 9.96 Å². The maximum absolute atomic E-state index is 12.6. The van der Waals surface area contributed by atoms with Gasteiger partial charge in [-0.05, 0) is 55.5 Å². The minimum atomic E-state index is -3.83. The van der Waals surface area contributed by atoms with Crippen molar-refractivity contribution in [1.82, 2.24) is 10.9 Å². The van der Waals surface area contributed by atoms with Gasteiger partial charge in [0.2, 0.25) is 0 Å². The number of hydrogen-bond acceptors (Lipinski definition) is 6. The van der Waals surface area contributed by atoms with Gasteiger partial charge in [-0.1, -0.05) is 35.9 Å². The zero-order valence-corrected chi connectivity index (χ0v) is 19.4. The van der Waals surface area contributed by atoms with E-state index in [1.165, 1.54) is 18.2 Å². The van der Waals surface area contributed by atoms with Gasteiger partial charge in [-0.15, -0.1) is 11.3 Å². The maximum atomic E-state index is 12.6. The summed E-state index contributed by atoms with van der Waals surface area (Å²) in [6.45, 7) is 5.47. The minimum Gasteiger partial charge on any atom is -0.483 e. The number of ether oxygens (including phenoxy) is 1. The average molecular weight is 474 g/mol. The molecule has 0 aliphatic carbocycles. The third-order valence-electron chi connectivity index (χ3n) is 4.44. The Bertz CT molecular complexity index is 1220. The van der Waals surface area contributed by atoms with Crippen molar-refractivity contribution >= 4 is 38.9 Å². The number of benzene rings is 2. The first-order valence-electron chi connectivity index (χ1n) is 9.62. The van der Waals surface area contributed by atoms with E-state index in [1.807, 2.05) is 32.9 Å². The number of nitrogens with one attached hydrogen (secondary N) is 3. The fraction of sp³-hybridized carbons (Fsp3) is 0.182. The summed E-state index contributed by atoms with van der Waals surface area (Å²) < 4.78 is 33.1. The van der Waals surface area contributed by atoms with E-state index in [4.69, 9.17) is 4.74 Å². The van der Waals surface area contributed by atoms with E-state index in [0.29, 0.717) is 5.75 Å². The van der Waals surface area contributed by atoms with E-state index in [1.54, 1.807) is 23.6 Å². The van der Waals surface area contributed by atoms with Crippen LogP contribution in [-0.2, 0) is 14.8 Å². The van der Waals surface area contributed by atoms with Gasteiger partial charge in [0.15, 0.2) is 6.61 Å². The SMILES string of the molecule is Cc1cc(C)c(OCC(=O)NNC(=O)c2ccccc2NS(=O)(=O)c2cccs2)c(C)c1. The van der Waals surface area contributed by atoms with Crippen LogP contribution in [0.15, 0.2) is 58.1 Å². The molecule has 168 valence electrons. The number of hydrazine groups is 1. The summed E-state index contributed by atoms with van der Waals surface area (Å²) >= 11 is 1.06. The molecule has 0 saturated heterocycles. The molecular weight excluding hydrogens is 450 g/mol. The molecule has 0 aliphatic heterocycles. The van der Waals surface area contributed by atoms with Gasteiger partial charge in [-0.2, -0.15) is 0 Å². The average Bonchev–Trinajstić information content (AvgIpc) is 3.27. The van der Waals surface area contributed by atoms with Crippen molar-refractivity contribution in [2.45, 2.75) is 25.0 Å². The van der Waals surface area contributed by atoms with Gasteiger partial charge in [0, 0.05) is 0 Å². The highest BCUT2D eigenvalue weighted by Gasteiger charge is 2.19. The Morgan fingerprint density at radius 1 is 0.969 bits per heavy atom. The molecule has 3 N–H and O–H groups in total. The second kappa shape index (κ2) is 9.84. The molecule has 0 bridgehead atoms. The number of aryl methyl sites for hydroxylation is 3. The summed E-state index contributed by atoms with van der Waals surface area (Å²) in [5.41, 5.74) is 7.62. The molecule has 0 fully saturated rings. The molecule has 2 amide bonds. The van der Waals surface area contributed by atoms with Crippen molar-refractivity contribution in [3.05, 3.63) is 76.2 Å². The van der Waals surface area contributed by atoms with Crippen molar-refractivity contribution in [1.29, 1.82) is 0 Å². The Morgan fingerprint density at radius 2 is 1.66 bits per heavy atom. The molecule has 0 saturated carbocycles. The molecule has 32 heavy (non-hydrogen) atoms. The van der Waals surface area contributed by atoms with Gasteiger partial charge in [-0.3, -0.25) is 25.2 Å². The van der Waals surface area contributed by atoms with Gasteiger partial charge in [0.05, 0.1) is 11.3 Å². The highest BCUT2D eigenvalue weighted by atomic mass is 32.2. The Kier molecular flexibility index (Phi) is 7.16. The molecule has 8 nitrogen and oxygen atoms in total. The fourth-order valence-corrected chi connectivity index (χ4v) is 5.22. The second-order valence-corrected chi connectivity index (χ2v) is 9.96. The van der Waals surface area contributed by atoms with Crippen LogP contribution in [0.2, 0.25) is 0 Å². The number of carbonyl (C=O) groups is 2. The number of anilines is 1. The van der Waals surface area contributed by atoms with Crippen LogP contribution in [0.5, 0.6) is 5.75 Å². The predicted molar refractivity (Wildman–Crippen MR) is 123 cm³/mol. The predicted octanol–water partition coefficient (Wildman–Crippen LogP) is 3.31. The molecule has 3 aromatic rings. The van der Waals surface area contributed by atoms with E-state index in [-0.39, 0.29) is 22.1 Å². The van der Waals surface area contributed by atoms with E-state index >= 15 is 0 Å². The quantitative estimate of drug-likeness (QED) is 0.456. The Balaban J connectivity index is 1.61. The molecule has 0 aliphatic rings. The lowest BCUT2D eigenvalue weighted by molar-refractivity contribution is -0.123. The van der Waals surface area contributed by atoms with Crippen molar-refractivity contribution in [3.63, 3.8) is 0 Å². The smallest absolute Gasteiger partial charge is 0.276 e. The van der Waals surface area contributed by atoms with E-state index in [9.17, 15) is 18.0 Å². The summed E-state index contributed by atoms with van der Waals surface area (Å²) in [6.07, 6.45) is 0. The molecular formula is C22H23N3O5S2. The highest BCUT2D eigenvalue weighted by Crippen LogP contribution is 2.25. The number of hydrogen-bond donors (Lipinski definition) is 3. The molecule has 2 aromatic carbocycles. The lowest BCUT2D eigenvalue weighted by atomic mass is 10.1. The van der Waals surface area contributed by atoms with E-state index in [0.717, 1.165) is 28.0 Å². The molecule has 0 spiro atoms.